The molecule has 0 bridgehead atoms. The van der Waals surface area contributed by atoms with E-state index in [1.54, 1.807) is 0 Å². The van der Waals surface area contributed by atoms with Crippen molar-refractivity contribution in [3.63, 3.8) is 0 Å². The number of esters is 1. The average Bonchev–Trinajstić information content (AvgIpc) is 2.72. The number of phosphoric acid groups is 1. The second-order valence-electron chi connectivity index (χ2n) is 7.26. The van der Waals surface area contributed by atoms with Gasteiger partial charge in [-0.15, -0.1) is 0 Å². The Bertz CT molecular complexity index is 571. The predicted molar refractivity (Wildman–Crippen MR) is 115 cm³/mol. The molecule has 182 valence electrons. The fourth-order valence-electron chi connectivity index (χ4n) is 2.39. The van der Waals surface area contributed by atoms with Gasteiger partial charge < -0.3 is 25.6 Å². The number of carbonyl (C=O) groups excluding carboxylic acids is 1. The lowest BCUT2D eigenvalue weighted by atomic mass is 10.1. The number of aliphatic hydroxyl groups excluding tert-OH is 1. The smallest absolute Gasteiger partial charge is 0.472 e. The highest BCUT2D eigenvalue weighted by Gasteiger charge is 2.26. The summed E-state index contributed by atoms with van der Waals surface area (Å²) >= 11 is 0. The third kappa shape index (κ3) is 19.1. The molecule has 0 saturated carbocycles. The van der Waals surface area contributed by atoms with E-state index in [0.717, 1.165) is 38.5 Å². The lowest BCUT2D eigenvalue weighted by Gasteiger charge is -2.16. The molecule has 3 atom stereocenters. The number of hydrogen-bond donors (Lipinski definition) is 4. The molecule has 0 aromatic rings. The molecule has 31 heavy (non-hydrogen) atoms. The highest BCUT2D eigenvalue weighted by atomic mass is 31.2. The van der Waals surface area contributed by atoms with E-state index in [9.17, 15) is 24.2 Å². The van der Waals surface area contributed by atoms with E-state index >= 15 is 0 Å². The van der Waals surface area contributed by atoms with E-state index in [1.807, 2.05) is 0 Å². The van der Waals surface area contributed by atoms with Gasteiger partial charge in [-0.05, 0) is 25.7 Å². The van der Waals surface area contributed by atoms with E-state index in [4.69, 9.17) is 15.6 Å². The lowest BCUT2D eigenvalue weighted by Crippen LogP contribution is -2.34. The Balaban J connectivity index is 3.71. The van der Waals surface area contributed by atoms with Crippen molar-refractivity contribution in [2.24, 2.45) is 5.73 Å². The van der Waals surface area contributed by atoms with Crippen LogP contribution in [0.25, 0.3) is 0 Å². The number of rotatable bonds is 20. The standard InChI is InChI=1S/C20H38NO9P/c1-2-3-4-5-6-7-8-9-10-11-12-13-19(23)28-14-17(22)15-29-31(26,27)30-16-18(21)20(24)25/h5-6,17-18,22H,2-4,7-16,21H2,1H3,(H,24,25)(H,26,27)/b6-5+/t17-,18-/m1/s1. The summed E-state index contributed by atoms with van der Waals surface area (Å²) < 4.78 is 25.4. The van der Waals surface area contributed by atoms with Crippen LogP contribution in [0.2, 0.25) is 0 Å². The first-order valence-corrected chi connectivity index (χ1v) is 12.3. The van der Waals surface area contributed by atoms with Crippen molar-refractivity contribution >= 4 is 19.8 Å². The molecule has 0 aromatic heterocycles. The van der Waals surface area contributed by atoms with Gasteiger partial charge in [0.05, 0.1) is 13.2 Å². The van der Waals surface area contributed by atoms with Crippen LogP contribution in [0.5, 0.6) is 0 Å². The van der Waals surface area contributed by atoms with E-state index in [1.165, 1.54) is 12.8 Å². The minimum atomic E-state index is -4.58. The summed E-state index contributed by atoms with van der Waals surface area (Å²) in [5, 5.41) is 18.2. The predicted octanol–water partition coefficient (Wildman–Crippen LogP) is 2.91. The minimum Gasteiger partial charge on any atom is -0.480 e. The van der Waals surface area contributed by atoms with Gasteiger partial charge in [-0.3, -0.25) is 18.6 Å². The third-order valence-electron chi connectivity index (χ3n) is 4.24. The number of unbranched alkanes of at least 4 members (excludes halogenated alkanes) is 7. The molecule has 0 fully saturated rings. The van der Waals surface area contributed by atoms with Crippen LogP contribution < -0.4 is 5.73 Å². The number of allylic oxidation sites excluding steroid dienone is 2. The van der Waals surface area contributed by atoms with Gasteiger partial charge in [0.15, 0.2) is 0 Å². The molecular formula is C20H38NO9P. The SMILES string of the molecule is CCCC/C=C/CCCCCCCC(=O)OC[C@@H](O)COP(=O)(O)OC[C@@H](N)C(=O)O. The number of carboxylic acids is 1. The van der Waals surface area contributed by atoms with Crippen molar-refractivity contribution in [1.29, 1.82) is 0 Å². The zero-order valence-electron chi connectivity index (χ0n) is 18.3. The van der Waals surface area contributed by atoms with Gasteiger partial charge in [0, 0.05) is 6.42 Å². The number of aliphatic hydroxyl groups is 1. The molecule has 0 aromatic carbocycles. The van der Waals surface area contributed by atoms with Crippen molar-refractivity contribution in [3.8, 4) is 0 Å². The molecule has 0 rings (SSSR count). The second-order valence-corrected chi connectivity index (χ2v) is 8.72. The molecular weight excluding hydrogens is 429 g/mol. The topological polar surface area (TPSA) is 166 Å². The fraction of sp³-hybridized carbons (Fsp3) is 0.800. The summed E-state index contributed by atoms with van der Waals surface area (Å²) in [5.41, 5.74) is 5.14. The molecule has 11 heteroatoms. The largest absolute Gasteiger partial charge is 0.480 e. The van der Waals surface area contributed by atoms with Gasteiger partial charge in [-0.2, -0.15) is 0 Å². The van der Waals surface area contributed by atoms with Crippen LogP contribution in [-0.4, -0.2) is 59.0 Å². The highest BCUT2D eigenvalue weighted by Crippen LogP contribution is 2.43. The molecule has 0 saturated heterocycles. The molecule has 0 radical (unpaired) electrons. The number of carbonyl (C=O) groups is 2. The Hall–Kier alpha value is -1.29. The number of ether oxygens (including phenoxy) is 1. The average molecular weight is 467 g/mol. The molecule has 0 spiro atoms. The van der Waals surface area contributed by atoms with Crippen molar-refractivity contribution in [3.05, 3.63) is 12.2 Å². The first kappa shape index (κ1) is 29.7. The van der Waals surface area contributed by atoms with Crippen LogP contribution in [0.15, 0.2) is 12.2 Å². The molecule has 1 unspecified atom stereocenters. The molecule has 0 amide bonds. The highest BCUT2D eigenvalue weighted by molar-refractivity contribution is 7.47. The van der Waals surface area contributed by atoms with Crippen molar-refractivity contribution < 1.29 is 43.0 Å². The van der Waals surface area contributed by atoms with Crippen LogP contribution in [0.1, 0.15) is 71.1 Å². The summed E-state index contributed by atoms with van der Waals surface area (Å²) in [4.78, 5) is 31.6. The van der Waals surface area contributed by atoms with Crippen LogP contribution >= 0.6 is 7.82 Å². The van der Waals surface area contributed by atoms with Crippen molar-refractivity contribution in [2.75, 3.05) is 19.8 Å². The lowest BCUT2D eigenvalue weighted by molar-refractivity contribution is -0.147. The third-order valence-corrected chi connectivity index (χ3v) is 5.19. The molecule has 5 N–H and O–H groups in total. The van der Waals surface area contributed by atoms with E-state index in [2.05, 4.69) is 28.1 Å². The van der Waals surface area contributed by atoms with Crippen LogP contribution in [0, 0.1) is 0 Å². The maximum absolute atomic E-state index is 11.7. The number of carboxylic acid groups (broad SMARTS) is 1. The van der Waals surface area contributed by atoms with E-state index in [-0.39, 0.29) is 6.42 Å². The Kier molecular flexibility index (Phi) is 17.5. The molecule has 0 heterocycles. The zero-order valence-corrected chi connectivity index (χ0v) is 19.2. The van der Waals surface area contributed by atoms with Gasteiger partial charge in [0.1, 0.15) is 18.8 Å². The van der Waals surface area contributed by atoms with E-state index < -0.39 is 51.7 Å². The molecule has 0 aliphatic carbocycles. The van der Waals surface area contributed by atoms with Gasteiger partial charge in [-0.25, -0.2) is 4.57 Å². The normalized spacial score (nSPS) is 15.5. The summed E-state index contributed by atoms with van der Waals surface area (Å²) in [5.74, 6) is -1.87. The second kappa shape index (κ2) is 18.3. The zero-order chi connectivity index (χ0) is 23.5. The minimum absolute atomic E-state index is 0.235. The first-order chi connectivity index (χ1) is 14.7. The Morgan fingerprint density at radius 2 is 1.55 bits per heavy atom. The maximum Gasteiger partial charge on any atom is 0.472 e. The monoisotopic (exact) mass is 467 g/mol. The van der Waals surface area contributed by atoms with Gasteiger partial charge in [-0.1, -0.05) is 51.2 Å². The summed E-state index contributed by atoms with van der Waals surface area (Å²) in [7, 11) is -4.58. The van der Waals surface area contributed by atoms with Crippen LogP contribution in [0.3, 0.4) is 0 Å². The number of phosphoric ester groups is 1. The van der Waals surface area contributed by atoms with Crippen LogP contribution in [-0.2, 0) is 27.9 Å². The Morgan fingerprint density at radius 1 is 0.968 bits per heavy atom. The van der Waals surface area contributed by atoms with Gasteiger partial charge in [0.2, 0.25) is 0 Å². The fourth-order valence-corrected chi connectivity index (χ4v) is 3.18. The quantitative estimate of drug-likeness (QED) is 0.0905. The van der Waals surface area contributed by atoms with Crippen molar-refractivity contribution in [1.82, 2.24) is 0 Å². The van der Waals surface area contributed by atoms with Gasteiger partial charge in [0.25, 0.3) is 0 Å². The Morgan fingerprint density at radius 3 is 2.19 bits per heavy atom. The number of aliphatic carboxylic acids is 1. The molecule has 0 aliphatic heterocycles. The van der Waals surface area contributed by atoms with E-state index in [0.29, 0.717) is 6.42 Å². The van der Waals surface area contributed by atoms with Gasteiger partial charge >= 0.3 is 19.8 Å². The summed E-state index contributed by atoms with van der Waals surface area (Å²) in [6.07, 6.45) is 13.0. The Labute approximate surface area is 184 Å². The number of hydrogen-bond acceptors (Lipinski definition) is 8. The summed E-state index contributed by atoms with van der Waals surface area (Å²) in [6.45, 7) is 0.426. The maximum atomic E-state index is 11.7. The van der Waals surface area contributed by atoms with Crippen LogP contribution in [0.4, 0.5) is 0 Å². The summed E-state index contributed by atoms with van der Waals surface area (Å²) in [6, 6.07) is -1.48. The molecule has 0 aliphatic rings. The number of nitrogens with two attached hydrogens (primary N) is 1. The van der Waals surface area contributed by atoms with Crippen molar-refractivity contribution in [2.45, 2.75) is 83.3 Å². The first-order valence-electron chi connectivity index (χ1n) is 10.8. The molecule has 10 nitrogen and oxygen atoms in total.